The maximum Gasteiger partial charge on any atom is 0.573 e. The van der Waals surface area contributed by atoms with Gasteiger partial charge in [-0.1, -0.05) is 36.4 Å². The van der Waals surface area contributed by atoms with Gasteiger partial charge in [-0.25, -0.2) is 4.98 Å². The van der Waals surface area contributed by atoms with Crippen LogP contribution in [0.3, 0.4) is 0 Å². The Morgan fingerprint density at radius 2 is 1.76 bits per heavy atom. The number of alkyl halides is 3. The van der Waals surface area contributed by atoms with Gasteiger partial charge in [0.2, 0.25) is 0 Å². The molecule has 2 N–H and O–H groups in total. The van der Waals surface area contributed by atoms with E-state index in [1.807, 2.05) is 12.1 Å². The Labute approximate surface area is 164 Å². The summed E-state index contributed by atoms with van der Waals surface area (Å²) in [4.78, 5) is 15.2. The molecule has 0 aliphatic rings. The Kier molecular flexibility index (Phi) is 6.01. The van der Waals surface area contributed by atoms with Crippen LogP contribution in [0.1, 0.15) is 11.1 Å². The molecule has 1 aromatic heterocycles. The van der Waals surface area contributed by atoms with Crippen LogP contribution in [0.4, 0.5) is 19.0 Å². The predicted octanol–water partition coefficient (Wildman–Crippen LogP) is 4.89. The summed E-state index contributed by atoms with van der Waals surface area (Å²) in [5, 5.41) is 11.9. The van der Waals surface area contributed by atoms with Crippen LogP contribution >= 0.6 is 0 Å². The highest BCUT2D eigenvalue weighted by Gasteiger charge is 2.31. The number of pyridine rings is 1. The average molecular weight is 402 g/mol. The van der Waals surface area contributed by atoms with Crippen molar-refractivity contribution in [2.75, 3.05) is 5.32 Å². The van der Waals surface area contributed by atoms with Crippen molar-refractivity contribution in [2.24, 2.45) is 0 Å². The summed E-state index contributed by atoms with van der Waals surface area (Å²) in [5.41, 5.74) is 2.97. The molecule has 0 aliphatic carbocycles. The van der Waals surface area contributed by atoms with Crippen LogP contribution in [0.15, 0.2) is 66.9 Å². The molecule has 3 aromatic rings. The molecule has 3 rings (SSSR count). The molecule has 0 bridgehead atoms. The number of carbonyl (C=O) groups is 1. The summed E-state index contributed by atoms with van der Waals surface area (Å²) in [7, 11) is 0. The summed E-state index contributed by atoms with van der Waals surface area (Å²) in [6.07, 6.45) is -3.14. The van der Waals surface area contributed by atoms with Crippen molar-refractivity contribution < 1.29 is 27.8 Å². The summed E-state index contributed by atoms with van der Waals surface area (Å²) >= 11 is 0. The molecule has 0 unspecified atom stereocenters. The summed E-state index contributed by atoms with van der Waals surface area (Å²) in [6, 6.07) is 16.5. The van der Waals surface area contributed by atoms with Crippen molar-refractivity contribution in [3.8, 4) is 16.9 Å². The van der Waals surface area contributed by atoms with Gasteiger partial charge in [-0.15, -0.1) is 13.2 Å². The first kappa shape index (κ1) is 20.2. The standard InChI is InChI=1S/C21H17F3N2O3/c22-21(23,24)29-18-6-2-4-15(10-18)12-25-19-8-7-17(13-26-19)16-5-1-3-14(9-16)11-20(27)28/h1-10,13H,11-12H2,(H,25,26)(H,27,28). The maximum absolute atomic E-state index is 12.3. The number of halogens is 3. The third-order valence-electron chi connectivity index (χ3n) is 3.98. The Morgan fingerprint density at radius 1 is 1.00 bits per heavy atom. The Bertz CT molecular complexity index is 989. The average Bonchev–Trinajstić information content (AvgIpc) is 2.65. The molecule has 2 aromatic carbocycles. The Hall–Kier alpha value is -3.55. The van der Waals surface area contributed by atoms with Crippen LogP contribution in [0.2, 0.25) is 0 Å². The van der Waals surface area contributed by atoms with E-state index in [9.17, 15) is 18.0 Å². The minimum Gasteiger partial charge on any atom is -0.481 e. The highest BCUT2D eigenvalue weighted by molar-refractivity contribution is 5.72. The largest absolute Gasteiger partial charge is 0.573 e. The molecule has 0 atom stereocenters. The molecular formula is C21H17F3N2O3. The predicted molar refractivity (Wildman–Crippen MR) is 101 cm³/mol. The van der Waals surface area contributed by atoms with Gasteiger partial charge in [0.25, 0.3) is 0 Å². The first-order valence-corrected chi connectivity index (χ1v) is 8.64. The van der Waals surface area contributed by atoms with E-state index in [0.29, 0.717) is 16.9 Å². The minimum absolute atomic E-state index is 0.0575. The van der Waals surface area contributed by atoms with Gasteiger partial charge < -0.3 is 15.2 Å². The second-order valence-electron chi connectivity index (χ2n) is 6.25. The van der Waals surface area contributed by atoms with Crippen molar-refractivity contribution in [1.82, 2.24) is 4.98 Å². The Morgan fingerprint density at radius 3 is 2.45 bits per heavy atom. The molecule has 29 heavy (non-hydrogen) atoms. The molecule has 0 aliphatic heterocycles. The van der Waals surface area contributed by atoms with Gasteiger partial charge in [0.05, 0.1) is 6.42 Å². The van der Waals surface area contributed by atoms with Gasteiger partial charge in [0, 0.05) is 18.3 Å². The molecular weight excluding hydrogens is 385 g/mol. The quantitative estimate of drug-likeness (QED) is 0.589. The number of nitrogens with zero attached hydrogens (tertiary/aromatic N) is 1. The third kappa shape index (κ3) is 6.24. The van der Waals surface area contributed by atoms with Gasteiger partial charge in [-0.3, -0.25) is 4.79 Å². The van der Waals surface area contributed by atoms with E-state index < -0.39 is 12.3 Å². The number of aliphatic carboxylic acids is 1. The summed E-state index contributed by atoms with van der Waals surface area (Å²) < 4.78 is 40.8. The second kappa shape index (κ2) is 8.64. The van der Waals surface area contributed by atoms with E-state index in [4.69, 9.17) is 5.11 Å². The van der Waals surface area contributed by atoms with Gasteiger partial charge >= 0.3 is 12.3 Å². The lowest BCUT2D eigenvalue weighted by Gasteiger charge is -2.11. The van der Waals surface area contributed by atoms with Crippen LogP contribution in [0.5, 0.6) is 5.75 Å². The lowest BCUT2D eigenvalue weighted by molar-refractivity contribution is -0.274. The number of hydrogen-bond donors (Lipinski definition) is 2. The second-order valence-corrected chi connectivity index (χ2v) is 6.25. The van der Waals surface area contributed by atoms with Crippen molar-refractivity contribution in [3.63, 3.8) is 0 Å². The monoisotopic (exact) mass is 402 g/mol. The highest BCUT2D eigenvalue weighted by atomic mass is 19.4. The number of nitrogens with one attached hydrogen (secondary N) is 1. The van der Waals surface area contributed by atoms with Gasteiger partial charge in [0.1, 0.15) is 11.6 Å². The molecule has 0 radical (unpaired) electrons. The molecule has 150 valence electrons. The zero-order chi connectivity index (χ0) is 20.9. The Balaban J connectivity index is 1.64. The maximum atomic E-state index is 12.3. The topological polar surface area (TPSA) is 71.5 Å². The lowest BCUT2D eigenvalue weighted by Crippen LogP contribution is -2.17. The van der Waals surface area contributed by atoms with E-state index in [2.05, 4.69) is 15.0 Å². The number of aromatic nitrogens is 1. The summed E-state index contributed by atoms with van der Waals surface area (Å²) in [6.45, 7) is 0.273. The van der Waals surface area contributed by atoms with Crippen molar-refractivity contribution in [2.45, 2.75) is 19.3 Å². The van der Waals surface area contributed by atoms with E-state index in [-0.39, 0.29) is 18.7 Å². The normalized spacial score (nSPS) is 11.1. The number of ether oxygens (including phenoxy) is 1. The first-order valence-electron chi connectivity index (χ1n) is 8.64. The van der Waals surface area contributed by atoms with Crippen LogP contribution in [-0.4, -0.2) is 22.4 Å². The van der Waals surface area contributed by atoms with Gasteiger partial charge in [0.15, 0.2) is 0 Å². The van der Waals surface area contributed by atoms with Crippen molar-refractivity contribution >= 4 is 11.8 Å². The number of carboxylic acid groups (broad SMARTS) is 1. The third-order valence-corrected chi connectivity index (χ3v) is 3.98. The van der Waals surface area contributed by atoms with E-state index in [1.54, 1.807) is 36.5 Å². The van der Waals surface area contributed by atoms with Crippen molar-refractivity contribution in [3.05, 3.63) is 78.0 Å². The molecule has 0 saturated carbocycles. The minimum atomic E-state index is -4.73. The van der Waals surface area contributed by atoms with Crippen LogP contribution in [-0.2, 0) is 17.8 Å². The van der Waals surface area contributed by atoms with E-state index >= 15 is 0 Å². The molecule has 8 heteroatoms. The van der Waals surface area contributed by atoms with Gasteiger partial charge in [-0.05, 0) is 41.0 Å². The van der Waals surface area contributed by atoms with Gasteiger partial charge in [-0.2, -0.15) is 0 Å². The van der Waals surface area contributed by atoms with Crippen LogP contribution < -0.4 is 10.1 Å². The van der Waals surface area contributed by atoms with Crippen LogP contribution in [0.25, 0.3) is 11.1 Å². The first-order chi connectivity index (χ1) is 13.8. The smallest absolute Gasteiger partial charge is 0.481 e. The SMILES string of the molecule is O=C(O)Cc1cccc(-c2ccc(NCc3cccc(OC(F)(F)F)c3)nc2)c1. The molecule has 0 saturated heterocycles. The number of rotatable bonds is 7. The zero-order valence-corrected chi connectivity index (χ0v) is 15.1. The molecule has 1 heterocycles. The number of anilines is 1. The fraction of sp³-hybridized carbons (Fsp3) is 0.143. The highest BCUT2D eigenvalue weighted by Crippen LogP contribution is 2.24. The van der Waals surface area contributed by atoms with E-state index in [1.165, 1.54) is 18.2 Å². The number of hydrogen-bond acceptors (Lipinski definition) is 4. The number of benzene rings is 2. The summed E-state index contributed by atoms with van der Waals surface area (Å²) in [5.74, 6) is -0.622. The van der Waals surface area contributed by atoms with Crippen molar-refractivity contribution in [1.29, 1.82) is 0 Å². The molecule has 5 nitrogen and oxygen atoms in total. The molecule has 0 amide bonds. The molecule has 0 fully saturated rings. The number of carboxylic acids is 1. The van der Waals surface area contributed by atoms with Crippen LogP contribution in [0, 0.1) is 0 Å². The van der Waals surface area contributed by atoms with E-state index in [0.717, 1.165) is 11.1 Å². The lowest BCUT2D eigenvalue weighted by atomic mass is 10.0. The molecule has 0 spiro atoms. The fourth-order valence-electron chi connectivity index (χ4n) is 2.75. The zero-order valence-electron chi connectivity index (χ0n) is 15.1. The fourth-order valence-corrected chi connectivity index (χ4v) is 2.75.